The van der Waals surface area contributed by atoms with Gasteiger partial charge in [-0.3, -0.25) is 4.79 Å². The lowest BCUT2D eigenvalue weighted by Gasteiger charge is -2.32. The van der Waals surface area contributed by atoms with Crippen molar-refractivity contribution in [2.75, 3.05) is 7.05 Å². The van der Waals surface area contributed by atoms with Crippen LogP contribution in [0, 0.1) is 5.92 Å². The minimum Gasteiger partial charge on any atom is -0.338 e. The average Bonchev–Trinajstić information content (AvgIpc) is 2.90. The van der Waals surface area contributed by atoms with E-state index in [0.29, 0.717) is 0 Å². The smallest absolute Gasteiger partial charge is 0.226 e. The van der Waals surface area contributed by atoms with Crippen LogP contribution in [0.5, 0.6) is 0 Å². The molecule has 19 heavy (non-hydrogen) atoms. The molecule has 0 bridgehead atoms. The molecule has 3 unspecified atom stereocenters. The zero-order chi connectivity index (χ0) is 13.1. The summed E-state index contributed by atoms with van der Waals surface area (Å²) in [5, 5.41) is 2.06. The number of nitrogens with two attached hydrogens (primary N) is 1. The minimum atomic E-state index is 0. The molecule has 3 atom stereocenters. The molecule has 0 spiro atoms. The molecule has 1 aromatic rings. The zero-order valence-corrected chi connectivity index (χ0v) is 13.2. The molecule has 1 aliphatic rings. The van der Waals surface area contributed by atoms with Gasteiger partial charge in [-0.05, 0) is 37.6 Å². The van der Waals surface area contributed by atoms with Crippen molar-refractivity contribution in [2.24, 2.45) is 11.7 Å². The molecule has 108 valence electrons. The Morgan fingerprint density at radius 1 is 1.53 bits per heavy atom. The topological polar surface area (TPSA) is 46.3 Å². The highest BCUT2D eigenvalue weighted by Crippen LogP contribution is 2.29. The van der Waals surface area contributed by atoms with Gasteiger partial charge in [0.25, 0.3) is 0 Å². The molecule has 1 heterocycles. The fourth-order valence-electron chi connectivity index (χ4n) is 2.65. The van der Waals surface area contributed by atoms with Gasteiger partial charge in [-0.1, -0.05) is 12.5 Å². The second-order valence-electron chi connectivity index (χ2n) is 5.26. The van der Waals surface area contributed by atoms with Crippen molar-refractivity contribution in [1.29, 1.82) is 0 Å². The van der Waals surface area contributed by atoms with E-state index in [4.69, 9.17) is 5.73 Å². The molecule has 1 aromatic heterocycles. The van der Waals surface area contributed by atoms with Crippen molar-refractivity contribution < 1.29 is 4.79 Å². The van der Waals surface area contributed by atoms with Gasteiger partial charge in [0.15, 0.2) is 0 Å². The number of carbonyl (C=O) groups excluding carboxylic acids is 1. The third-order valence-electron chi connectivity index (χ3n) is 3.95. The highest BCUT2D eigenvalue weighted by Gasteiger charge is 2.29. The Balaban J connectivity index is 0.00000180. The number of rotatable bonds is 3. The van der Waals surface area contributed by atoms with E-state index in [1.54, 1.807) is 11.3 Å². The highest BCUT2D eigenvalue weighted by atomic mass is 35.5. The number of carbonyl (C=O) groups is 1. The quantitative estimate of drug-likeness (QED) is 0.932. The summed E-state index contributed by atoms with van der Waals surface area (Å²) >= 11 is 1.71. The summed E-state index contributed by atoms with van der Waals surface area (Å²) in [7, 11) is 1.91. The first kappa shape index (κ1) is 16.5. The van der Waals surface area contributed by atoms with Gasteiger partial charge in [-0.25, -0.2) is 0 Å². The van der Waals surface area contributed by atoms with Crippen molar-refractivity contribution in [3.05, 3.63) is 22.4 Å². The molecule has 0 aromatic carbocycles. The summed E-state index contributed by atoms with van der Waals surface area (Å²) in [6.07, 6.45) is 3.99. The lowest BCUT2D eigenvalue weighted by Crippen LogP contribution is -2.39. The van der Waals surface area contributed by atoms with Crippen LogP contribution >= 0.6 is 23.7 Å². The molecular formula is C14H23ClN2OS. The maximum Gasteiger partial charge on any atom is 0.226 e. The van der Waals surface area contributed by atoms with Crippen LogP contribution in [0.15, 0.2) is 17.5 Å². The molecule has 0 saturated heterocycles. The van der Waals surface area contributed by atoms with Gasteiger partial charge in [-0.15, -0.1) is 23.7 Å². The van der Waals surface area contributed by atoms with E-state index < -0.39 is 0 Å². The maximum absolute atomic E-state index is 12.5. The largest absolute Gasteiger partial charge is 0.338 e. The Morgan fingerprint density at radius 3 is 2.84 bits per heavy atom. The lowest BCUT2D eigenvalue weighted by atomic mass is 9.85. The van der Waals surface area contributed by atoms with E-state index in [-0.39, 0.29) is 36.3 Å². The molecule has 1 aliphatic carbocycles. The van der Waals surface area contributed by atoms with Crippen LogP contribution in [0.4, 0.5) is 0 Å². The Kier molecular flexibility index (Phi) is 6.30. The predicted octanol–water partition coefficient (Wildman–Crippen LogP) is 3.21. The van der Waals surface area contributed by atoms with Crippen LogP contribution in [0.3, 0.4) is 0 Å². The summed E-state index contributed by atoms with van der Waals surface area (Å²) in [5.74, 6) is 0.382. The molecule has 2 rings (SSSR count). The summed E-state index contributed by atoms with van der Waals surface area (Å²) in [6.45, 7) is 2.09. The first-order valence-electron chi connectivity index (χ1n) is 6.65. The van der Waals surface area contributed by atoms with Gasteiger partial charge in [0, 0.05) is 23.9 Å². The number of hydrogen-bond donors (Lipinski definition) is 1. The van der Waals surface area contributed by atoms with E-state index in [0.717, 1.165) is 25.7 Å². The van der Waals surface area contributed by atoms with Gasteiger partial charge in [0.05, 0.1) is 6.04 Å². The monoisotopic (exact) mass is 302 g/mol. The van der Waals surface area contributed by atoms with E-state index >= 15 is 0 Å². The maximum atomic E-state index is 12.5. The van der Waals surface area contributed by atoms with Crippen LogP contribution in [0.2, 0.25) is 0 Å². The first-order valence-corrected chi connectivity index (χ1v) is 7.53. The highest BCUT2D eigenvalue weighted by molar-refractivity contribution is 7.10. The first-order chi connectivity index (χ1) is 8.59. The molecule has 1 amide bonds. The number of halogens is 1. The van der Waals surface area contributed by atoms with E-state index in [2.05, 4.69) is 18.4 Å². The van der Waals surface area contributed by atoms with Crippen molar-refractivity contribution in [1.82, 2.24) is 4.90 Å². The van der Waals surface area contributed by atoms with Crippen LogP contribution in [-0.2, 0) is 4.79 Å². The van der Waals surface area contributed by atoms with Crippen LogP contribution in [0.1, 0.15) is 43.5 Å². The molecule has 3 nitrogen and oxygen atoms in total. The summed E-state index contributed by atoms with van der Waals surface area (Å²) in [4.78, 5) is 15.6. The Labute approximate surface area is 125 Å². The molecule has 0 aliphatic heterocycles. The SMILES string of the molecule is CC(c1cccs1)N(C)C(=O)C1CCCC(N)C1.Cl. The second kappa shape index (κ2) is 7.27. The summed E-state index contributed by atoms with van der Waals surface area (Å²) in [5.41, 5.74) is 5.97. The fourth-order valence-corrected chi connectivity index (χ4v) is 3.48. The summed E-state index contributed by atoms with van der Waals surface area (Å²) < 4.78 is 0. The van der Waals surface area contributed by atoms with E-state index in [9.17, 15) is 4.79 Å². The Morgan fingerprint density at radius 2 is 2.26 bits per heavy atom. The molecule has 5 heteroatoms. The summed E-state index contributed by atoms with van der Waals surface area (Å²) in [6, 6.07) is 4.49. The molecule has 1 saturated carbocycles. The van der Waals surface area contributed by atoms with Crippen LogP contribution in [-0.4, -0.2) is 23.9 Å². The molecular weight excluding hydrogens is 280 g/mol. The third-order valence-corrected chi connectivity index (χ3v) is 4.99. The number of hydrogen-bond acceptors (Lipinski definition) is 3. The van der Waals surface area contributed by atoms with Gasteiger partial charge < -0.3 is 10.6 Å². The molecule has 2 N–H and O–H groups in total. The van der Waals surface area contributed by atoms with Gasteiger partial charge in [0.2, 0.25) is 5.91 Å². The fraction of sp³-hybridized carbons (Fsp3) is 0.643. The van der Waals surface area contributed by atoms with Crippen LogP contribution in [0.25, 0.3) is 0 Å². The third kappa shape index (κ3) is 3.94. The normalized spacial score (nSPS) is 24.4. The second-order valence-corrected chi connectivity index (χ2v) is 6.24. The van der Waals surface area contributed by atoms with Gasteiger partial charge in [0.1, 0.15) is 0 Å². The molecule has 0 radical (unpaired) electrons. The van der Waals surface area contributed by atoms with E-state index in [1.807, 2.05) is 18.0 Å². The zero-order valence-electron chi connectivity index (χ0n) is 11.5. The van der Waals surface area contributed by atoms with Crippen molar-refractivity contribution in [3.8, 4) is 0 Å². The van der Waals surface area contributed by atoms with Crippen molar-refractivity contribution >= 4 is 29.7 Å². The minimum absolute atomic E-state index is 0. The Hall–Kier alpha value is -0.580. The van der Waals surface area contributed by atoms with Crippen molar-refractivity contribution in [2.45, 2.75) is 44.7 Å². The average molecular weight is 303 g/mol. The standard InChI is InChI=1S/C14H22N2OS.ClH/c1-10(13-7-4-8-18-13)16(2)14(17)11-5-3-6-12(15)9-11;/h4,7-8,10-12H,3,5-6,9,15H2,1-2H3;1H. The number of nitrogens with zero attached hydrogens (tertiary/aromatic N) is 1. The Bertz CT molecular complexity index is 396. The predicted molar refractivity (Wildman–Crippen MR) is 82.7 cm³/mol. The molecule has 1 fully saturated rings. The van der Waals surface area contributed by atoms with Crippen LogP contribution < -0.4 is 5.73 Å². The van der Waals surface area contributed by atoms with E-state index in [1.165, 1.54) is 4.88 Å². The van der Waals surface area contributed by atoms with Gasteiger partial charge in [-0.2, -0.15) is 0 Å². The number of thiophene rings is 1. The number of amides is 1. The van der Waals surface area contributed by atoms with Crippen molar-refractivity contribution in [3.63, 3.8) is 0 Å². The lowest BCUT2D eigenvalue weighted by molar-refractivity contribution is -0.137. The van der Waals surface area contributed by atoms with Gasteiger partial charge >= 0.3 is 0 Å².